The van der Waals surface area contributed by atoms with Crippen LogP contribution in [0.2, 0.25) is 0 Å². The van der Waals surface area contributed by atoms with Crippen molar-refractivity contribution in [2.45, 2.75) is 76.5 Å². The molecule has 1 saturated heterocycles. The minimum absolute atomic E-state index is 0.0875. The smallest absolute Gasteiger partial charge is 0.326 e. The monoisotopic (exact) mass is 268 g/mol. The molecule has 1 heterocycles. The van der Waals surface area contributed by atoms with Crippen LogP contribution in [0.15, 0.2) is 0 Å². The van der Waals surface area contributed by atoms with Crippen molar-refractivity contribution in [1.82, 2.24) is 10.2 Å². The Morgan fingerprint density at radius 1 is 1.42 bits per heavy atom. The summed E-state index contributed by atoms with van der Waals surface area (Å²) in [5.41, 5.74) is -0.462. The predicted molar refractivity (Wildman–Crippen MR) is 76.1 cm³/mol. The van der Waals surface area contributed by atoms with Gasteiger partial charge in [-0.1, -0.05) is 0 Å². The van der Waals surface area contributed by atoms with Crippen LogP contribution in [0.5, 0.6) is 0 Å². The highest BCUT2D eigenvalue weighted by Crippen LogP contribution is 2.37. The molecule has 19 heavy (non-hydrogen) atoms. The lowest BCUT2D eigenvalue weighted by atomic mass is 9.96. The number of methoxy groups -OCH3 is 1. The fourth-order valence-corrected chi connectivity index (χ4v) is 3.92. The van der Waals surface area contributed by atoms with Crippen molar-refractivity contribution in [2.24, 2.45) is 0 Å². The summed E-state index contributed by atoms with van der Waals surface area (Å²) < 4.78 is 5.06. The lowest BCUT2D eigenvalue weighted by Gasteiger charge is -2.33. The number of ether oxygens (including phenoxy) is 1. The quantitative estimate of drug-likeness (QED) is 0.791. The molecular formula is C15H28N2O2. The van der Waals surface area contributed by atoms with Crippen LogP contribution < -0.4 is 5.32 Å². The van der Waals surface area contributed by atoms with Crippen molar-refractivity contribution in [2.75, 3.05) is 13.7 Å². The van der Waals surface area contributed by atoms with Crippen LogP contribution in [0.25, 0.3) is 0 Å². The van der Waals surface area contributed by atoms with Gasteiger partial charge in [-0.3, -0.25) is 15.0 Å². The summed E-state index contributed by atoms with van der Waals surface area (Å²) >= 11 is 0. The van der Waals surface area contributed by atoms with Gasteiger partial charge < -0.3 is 4.74 Å². The molecule has 0 aromatic carbocycles. The maximum absolute atomic E-state index is 12.2. The molecule has 4 nitrogen and oxygen atoms in total. The summed E-state index contributed by atoms with van der Waals surface area (Å²) in [6.07, 6.45) is 5.47. The molecule has 3 atom stereocenters. The van der Waals surface area contributed by atoms with Gasteiger partial charge in [-0.2, -0.15) is 0 Å². The Labute approximate surface area is 116 Å². The molecule has 0 aromatic heterocycles. The second kappa shape index (κ2) is 5.80. The number of carbonyl (C=O) groups is 1. The van der Waals surface area contributed by atoms with Gasteiger partial charge in [0.2, 0.25) is 0 Å². The van der Waals surface area contributed by atoms with E-state index in [1.807, 2.05) is 0 Å². The van der Waals surface area contributed by atoms with Gasteiger partial charge in [-0.15, -0.1) is 0 Å². The van der Waals surface area contributed by atoms with Gasteiger partial charge in [0, 0.05) is 18.1 Å². The molecule has 1 aliphatic heterocycles. The van der Waals surface area contributed by atoms with Crippen molar-refractivity contribution >= 4 is 5.97 Å². The Kier molecular flexibility index (Phi) is 4.51. The topological polar surface area (TPSA) is 41.6 Å². The first kappa shape index (κ1) is 14.8. The first-order chi connectivity index (χ1) is 8.98. The zero-order valence-electron chi connectivity index (χ0n) is 12.7. The van der Waals surface area contributed by atoms with E-state index >= 15 is 0 Å². The van der Waals surface area contributed by atoms with Crippen molar-refractivity contribution < 1.29 is 9.53 Å². The fraction of sp³-hybridized carbons (Fsp3) is 0.933. The Morgan fingerprint density at radius 2 is 2.16 bits per heavy atom. The maximum Gasteiger partial charge on any atom is 0.326 e. The van der Waals surface area contributed by atoms with E-state index in [0.29, 0.717) is 18.1 Å². The highest BCUT2D eigenvalue weighted by Gasteiger charge is 2.48. The van der Waals surface area contributed by atoms with Crippen LogP contribution in [0.3, 0.4) is 0 Å². The molecular weight excluding hydrogens is 240 g/mol. The third-order valence-electron chi connectivity index (χ3n) is 4.70. The third kappa shape index (κ3) is 2.95. The molecule has 2 aliphatic rings. The lowest BCUT2D eigenvalue weighted by Crippen LogP contribution is -2.54. The van der Waals surface area contributed by atoms with E-state index < -0.39 is 5.54 Å². The zero-order chi connectivity index (χ0) is 14.0. The molecule has 0 bridgehead atoms. The number of carbonyl (C=O) groups excluding carboxylic acids is 1. The molecule has 0 radical (unpaired) electrons. The van der Waals surface area contributed by atoms with E-state index in [2.05, 4.69) is 31.0 Å². The summed E-state index contributed by atoms with van der Waals surface area (Å²) in [5.74, 6) is -0.0875. The van der Waals surface area contributed by atoms with Gasteiger partial charge in [0.05, 0.1) is 7.11 Å². The Hall–Kier alpha value is -0.610. The SMILES string of the molecule is COC(=O)C1(NC(C)C)CCC(N2CCCC2C)C1. The Morgan fingerprint density at radius 3 is 2.68 bits per heavy atom. The van der Waals surface area contributed by atoms with Gasteiger partial charge >= 0.3 is 5.97 Å². The van der Waals surface area contributed by atoms with Crippen LogP contribution in [0, 0.1) is 0 Å². The number of nitrogens with zero attached hydrogens (tertiary/aromatic N) is 1. The van der Waals surface area contributed by atoms with Gasteiger partial charge in [0.15, 0.2) is 0 Å². The second-order valence-electron chi connectivity index (χ2n) is 6.50. The molecule has 1 aliphatic carbocycles. The number of esters is 1. The minimum atomic E-state index is -0.462. The van der Waals surface area contributed by atoms with E-state index in [0.717, 1.165) is 19.3 Å². The molecule has 0 aromatic rings. The second-order valence-corrected chi connectivity index (χ2v) is 6.50. The predicted octanol–water partition coefficient (Wildman–Crippen LogP) is 1.93. The first-order valence-corrected chi connectivity index (χ1v) is 7.60. The summed E-state index contributed by atoms with van der Waals surface area (Å²) in [7, 11) is 1.50. The fourth-order valence-electron chi connectivity index (χ4n) is 3.92. The number of hydrogen-bond acceptors (Lipinski definition) is 4. The molecule has 3 unspecified atom stereocenters. The highest BCUT2D eigenvalue weighted by atomic mass is 16.5. The van der Waals surface area contributed by atoms with Gasteiger partial charge in [0.1, 0.15) is 5.54 Å². The summed E-state index contributed by atoms with van der Waals surface area (Å²) in [5, 5.41) is 3.47. The van der Waals surface area contributed by atoms with Crippen LogP contribution in [-0.2, 0) is 9.53 Å². The van der Waals surface area contributed by atoms with E-state index in [4.69, 9.17) is 4.74 Å². The number of hydrogen-bond donors (Lipinski definition) is 1. The van der Waals surface area contributed by atoms with Gasteiger partial charge in [-0.05, 0) is 59.4 Å². The van der Waals surface area contributed by atoms with Crippen LogP contribution in [0.4, 0.5) is 0 Å². The number of rotatable bonds is 4. The molecule has 1 N–H and O–H groups in total. The van der Waals surface area contributed by atoms with Crippen molar-refractivity contribution in [3.05, 3.63) is 0 Å². The average molecular weight is 268 g/mol. The summed E-state index contributed by atoms with van der Waals surface area (Å²) in [6.45, 7) is 7.68. The molecule has 1 saturated carbocycles. The number of nitrogens with one attached hydrogen (secondary N) is 1. The lowest BCUT2D eigenvalue weighted by molar-refractivity contribution is -0.149. The van der Waals surface area contributed by atoms with E-state index in [9.17, 15) is 4.79 Å². The molecule has 0 spiro atoms. The highest BCUT2D eigenvalue weighted by molar-refractivity contribution is 5.81. The number of likely N-dealkylation sites (tertiary alicyclic amines) is 1. The molecule has 0 amide bonds. The Balaban J connectivity index is 2.08. The Bertz CT molecular complexity index is 332. The minimum Gasteiger partial charge on any atom is -0.468 e. The van der Waals surface area contributed by atoms with Crippen LogP contribution >= 0.6 is 0 Å². The van der Waals surface area contributed by atoms with Crippen LogP contribution in [0.1, 0.15) is 52.9 Å². The molecule has 4 heteroatoms. The van der Waals surface area contributed by atoms with Crippen molar-refractivity contribution in [1.29, 1.82) is 0 Å². The standard InChI is InChI=1S/C15H28N2O2/c1-11(2)16-15(14(18)19-4)8-7-13(10-15)17-9-5-6-12(17)3/h11-13,16H,5-10H2,1-4H3. The van der Waals surface area contributed by atoms with E-state index in [1.54, 1.807) is 0 Å². The zero-order valence-corrected chi connectivity index (χ0v) is 12.7. The average Bonchev–Trinajstić information content (AvgIpc) is 2.94. The molecule has 2 rings (SSSR count). The normalized spacial score (nSPS) is 36.1. The van der Waals surface area contributed by atoms with Crippen molar-refractivity contribution in [3.8, 4) is 0 Å². The maximum atomic E-state index is 12.2. The van der Waals surface area contributed by atoms with Crippen LogP contribution in [-0.4, -0.2) is 48.2 Å². The largest absolute Gasteiger partial charge is 0.468 e. The van der Waals surface area contributed by atoms with Gasteiger partial charge in [-0.25, -0.2) is 0 Å². The molecule has 2 fully saturated rings. The van der Waals surface area contributed by atoms with Gasteiger partial charge in [0.25, 0.3) is 0 Å². The van der Waals surface area contributed by atoms with Crippen molar-refractivity contribution in [3.63, 3.8) is 0 Å². The molecule has 110 valence electrons. The van der Waals surface area contributed by atoms with E-state index in [1.165, 1.54) is 26.5 Å². The summed E-state index contributed by atoms with van der Waals surface area (Å²) in [4.78, 5) is 14.8. The third-order valence-corrected chi connectivity index (χ3v) is 4.70. The van der Waals surface area contributed by atoms with E-state index in [-0.39, 0.29) is 5.97 Å². The summed E-state index contributed by atoms with van der Waals surface area (Å²) in [6, 6.07) is 1.49. The first-order valence-electron chi connectivity index (χ1n) is 7.60.